The molecule has 9 heteroatoms. The van der Waals surface area contributed by atoms with E-state index in [2.05, 4.69) is 10.3 Å². The highest BCUT2D eigenvalue weighted by atomic mass is 35.5. The van der Waals surface area contributed by atoms with Gasteiger partial charge in [-0.25, -0.2) is 4.79 Å². The van der Waals surface area contributed by atoms with E-state index < -0.39 is 5.63 Å². The van der Waals surface area contributed by atoms with Crippen LogP contribution < -0.4 is 20.4 Å². The minimum Gasteiger partial charge on any atom is -0.493 e. The van der Waals surface area contributed by atoms with Crippen molar-refractivity contribution in [2.24, 2.45) is 0 Å². The first kappa shape index (κ1) is 21.2. The maximum absolute atomic E-state index is 12.2. The van der Waals surface area contributed by atoms with Crippen LogP contribution in [0.4, 0.5) is 11.4 Å². The Kier molecular flexibility index (Phi) is 7.19. The lowest BCUT2D eigenvalue weighted by Gasteiger charge is -2.15. The Morgan fingerprint density at radius 2 is 1.93 bits per heavy atom. The number of methoxy groups -OCH3 is 1. The van der Waals surface area contributed by atoms with Gasteiger partial charge < -0.3 is 24.3 Å². The summed E-state index contributed by atoms with van der Waals surface area (Å²) < 4.78 is 16.7. The molecule has 2 aromatic heterocycles. The summed E-state index contributed by atoms with van der Waals surface area (Å²) in [6.45, 7) is 0.528. The molecular formula is C20H20Cl2N2O5. The van der Waals surface area contributed by atoms with E-state index in [1.54, 1.807) is 12.1 Å². The van der Waals surface area contributed by atoms with Crippen molar-refractivity contribution in [3.63, 3.8) is 0 Å². The molecule has 0 saturated heterocycles. The first-order chi connectivity index (χ1) is 14.0. The molecule has 1 aromatic carbocycles. The Balaban J connectivity index is 2.02. The molecule has 0 aliphatic heterocycles. The molecule has 0 radical (unpaired) electrons. The Hall–Kier alpha value is -2.48. The number of unbranched alkanes of at least 4 members (excludes halogenated alkanes) is 2. The fourth-order valence-corrected chi connectivity index (χ4v) is 3.27. The highest BCUT2D eigenvalue weighted by Crippen LogP contribution is 2.40. The van der Waals surface area contributed by atoms with Crippen molar-refractivity contribution in [1.29, 1.82) is 0 Å². The number of nitrogens with zero attached hydrogens (tertiary/aromatic N) is 1. The van der Waals surface area contributed by atoms with Crippen LogP contribution in [0.3, 0.4) is 0 Å². The van der Waals surface area contributed by atoms with E-state index >= 15 is 0 Å². The number of aromatic nitrogens is 1. The number of pyridine rings is 1. The molecule has 29 heavy (non-hydrogen) atoms. The highest BCUT2D eigenvalue weighted by molar-refractivity contribution is 6.39. The molecule has 0 spiro atoms. The van der Waals surface area contributed by atoms with E-state index in [0.29, 0.717) is 51.3 Å². The molecular weight excluding hydrogens is 419 g/mol. The number of ether oxygens (including phenoxy) is 2. The molecule has 0 amide bonds. The summed E-state index contributed by atoms with van der Waals surface area (Å²) in [6, 6.07) is 4.79. The largest absolute Gasteiger partial charge is 0.493 e. The van der Waals surface area contributed by atoms with Crippen LogP contribution in [-0.2, 0) is 0 Å². The zero-order valence-corrected chi connectivity index (χ0v) is 17.2. The molecule has 7 nitrogen and oxygen atoms in total. The van der Waals surface area contributed by atoms with Gasteiger partial charge in [0.25, 0.3) is 0 Å². The van der Waals surface area contributed by atoms with Gasteiger partial charge in [-0.05, 0) is 31.4 Å². The Morgan fingerprint density at radius 3 is 2.62 bits per heavy atom. The number of aliphatic hydroxyl groups excluding tert-OH is 1. The number of halogens is 2. The number of rotatable bonds is 9. The summed E-state index contributed by atoms with van der Waals surface area (Å²) in [4.78, 5) is 16.1. The minimum absolute atomic E-state index is 0.140. The summed E-state index contributed by atoms with van der Waals surface area (Å²) in [5.41, 5.74) is 0.569. The fourth-order valence-electron chi connectivity index (χ4n) is 2.81. The zero-order chi connectivity index (χ0) is 20.8. The van der Waals surface area contributed by atoms with Crippen LogP contribution >= 0.6 is 23.2 Å². The molecule has 154 valence electrons. The number of hydrogen-bond donors (Lipinski definition) is 2. The lowest BCUT2D eigenvalue weighted by molar-refractivity contribution is 0.260. The number of nitrogens with one attached hydrogen (secondary N) is 1. The van der Waals surface area contributed by atoms with E-state index in [1.165, 1.54) is 25.6 Å². The van der Waals surface area contributed by atoms with Crippen molar-refractivity contribution in [1.82, 2.24) is 4.98 Å². The molecule has 0 bridgehead atoms. The van der Waals surface area contributed by atoms with Gasteiger partial charge in [0, 0.05) is 30.5 Å². The van der Waals surface area contributed by atoms with Gasteiger partial charge in [0.15, 0.2) is 11.3 Å². The van der Waals surface area contributed by atoms with Crippen LogP contribution in [0.2, 0.25) is 10.0 Å². The third-order valence-corrected chi connectivity index (χ3v) is 4.79. The van der Waals surface area contributed by atoms with Crippen LogP contribution in [0.25, 0.3) is 11.0 Å². The van der Waals surface area contributed by atoms with Gasteiger partial charge in [0.2, 0.25) is 5.75 Å². The van der Waals surface area contributed by atoms with E-state index in [9.17, 15) is 4.79 Å². The zero-order valence-electron chi connectivity index (χ0n) is 15.7. The summed E-state index contributed by atoms with van der Waals surface area (Å²) in [5.74, 6) is 0.779. The number of hydrogen-bond acceptors (Lipinski definition) is 7. The number of benzene rings is 1. The van der Waals surface area contributed by atoms with Crippen LogP contribution in [0.15, 0.2) is 39.8 Å². The highest BCUT2D eigenvalue weighted by Gasteiger charge is 2.17. The van der Waals surface area contributed by atoms with Gasteiger partial charge in [-0.2, -0.15) is 0 Å². The van der Waals surface area contributed by atoms with Crippen molar-refractivity contribution < 1.29 is 19.0 Å². The average molecular weight is 439 g/mol. The Bertz CT molecular complexity index is 1030. The standard InChI is InChI=1S/C20H20Cl2N2O5/c1-27-16-6-5-12-15(24-18-13(21)10-23-11-14(18)22)9-17(26)29-19(12)20(16)28-8-4-2-3-7-25/h5-6,9-11,25H,2-4,7-8H2,1H3,(H,23,24). The molecule has 0 aliphatic rings. The first-order valence-electron chi connectivity index (χ1n) is 8.99. The number of anilines is 2. The van der Waals surface area contributed by atoms with Gasteiger partial charge in [0.1, 0.15) is 0 Å². The van der Waals surface area contributed by atoms with Gasteiger partial charge in [-0.3, -0.25) is 4.98 Å². The second-order valence-corrected chi connectivity index (χ2v) is 7.00. The van der Waals surface area contributed by atoms with E-state index in [-0.39, 0.29) is 12.2 Å². The molecule has 0 saturated carbocycles. The number of fused-ring (bicyclic) bond motifs is 1. The van der Waals surface area contributed by atoms with Crippen LogP contribution in [0.5, 0.6) is 11.5 Å². The molecule has 2 heterocycles. The molecule has 0 atom stereocenters. The smallest absolute Gasteiger partial charge is 0.338 e. The molecule has 3 rings (SSSR count). The first-order valence-corrected chi connectivity index (χ1v) is 9.75. The lowest BCUT2D eigenvalue weighted by atomic mass is 10.1. The Labute approximate surface area is 177 Å². The van der Waals surface area contributed by atoms with Gasteiger partial charge in [-0.15, -0.1) is 0 Å². The van der Waals surface area contributed by atoms with Gasteiger partial charge >= 0.3 is 5.63 Å². The molecule has 2 N–H and O–H groups in total. The SMILES string of the molecule is COc1ccc2c(Nc3c(Cl)cncc3Cl)cc(=O)oc2c1OCCCCCO. The molecule has 3 aromatic rings. The fraction of sp³-hybridized carbons (Fsp3) is 0.300. The minimum atomic E-state index is -0.570. The lowest BCUT2D eigenvalue weighted by Crippen LogP contribution is -2.05. The normalized spacial score (nSPS) is 10.9. The third-order valence-electron chi connectivity index (χ3n) is 4.21. The van der Waals surface area contributed by atoms with E-state index in [1.807, 2.05) is 0 Å². The molecule has 0 aliphatic carbocycles. The van der Waals surface area contributed by atoms with E-state index in [4.69, 9.17) is 42.2 Å². The summed E-state index contributed by atoms with van der Waals surface area (Å²) in [6.07, 6.45) is 5.16. The van der Waals surface area contributed by atoms with Crippen LogP contribution in [-0.4, -0.2) is 30.4 Å². The monoisotopic (exact) mass is 438 g/mol. The number of aliphatic hydroxyl groups is 1. The second-order valence-electron chi connectivity index (χ2n) is 6.19. The van der Waals surface area contributed by atoms with E-state index in [0.717, 1.165) is 12.8 Å². The topological polar surface area (TPSA) is 93.8 Å². The van der Waals surface area contributed by atoms with Crippen molar-refractivity contribution in [2.45, 2.75) is 19.3 Å². The van der Waals surface area contributed by atoms with Crippen LogP contribution in [0, 0.1) is 0 Å². The maximum Gasteiger partial charge on any atom is 0.338 e. The summed E-state index contributed by atoms with van der Waals surface area (Å²) >= 11 is 12.4. The van der Waals surface area contributed by atoms with Crippen molar-refractivity contribution >= 4 is 45.5 Å². The molecule has 0 fully saturated rings. The maximum atomic E-state index is 12.2. The van der Waals surface area contributed by atoms with Crippen molar-refractivity contribution in [3.05, 3.63) is 51.1 Å². The summed E-state index contributed by atoms with van der Waals surface area (Å²) in [7, 11) is 1.51. The summed E-state index contributed by atoms with van der Waals surface area (Å²) in [5, 5.41) is 13.2. The van der Waals surface area contributed by atoms with Crippen LogP contribution in [0.1, 0.15) is 19.3 Å². The van der Waals surface area contributed by atoms with Gasteiger partial charge in [0.05, 0.1) is 35.1 Å². The molecule has 0 unspecified atom stereocenters. The third kappa shape index (κ3) is 4.93. The predicted molar refractivity (Wildman–Crippen MR) is 113 cm³/mol. The van der Waals surface area contributed by atoms with Gasteiger partial charge in [-0.1, -0.05) is 23.2 Å². The quantitative estimate of drug-likeness (QED) is 0.366. The second kappa shape index (κ2) is 9.82. The predicted octanol–water partition coefficient (Wildman–Crippen LogP) is 4.79. The Morgan fingerprint density at radius 1 is 1.17 bits per heavy atom. The average Bonchev–Trinajstić information content (AvgIpc) is 2.70. The van der Waals surface area contributed by atoms with Crippen molar-refractivity contribution in [3.8, 4) is 11.5 Å². The van der Waals surface area contributed by atoms with Crippen molar-refractivity contribution in [2.75, 3.05) is 25.6 Å².